The minimum Gasteiger partial charge on any atom is -0.462 e. The van der Waals surface area contributed by atoms with Gasteiger partial charge in [-0.15, -0.1) is 0 Å². The number of allylic oxidation sites excluding steroid dienone is 4. The van der Waals surface area contributed by atoms with Crippen molar-refractivity contribution in [2.75, 3.05) is 39.6 Å². The lowest BCUT2D eigenvalue weighted by molar-refractivity contribution is -0.161. The maximum Gasteiger partial charge on any atom is 0.472 e. The third-order valence-electron chi connectivity index (χ3n) is 16.3. The predicted octanol–water partition coefficient (Wildman–Crippen LogP) is 20.1. The first-order valence-corrected chi connectivity index (χ1v) is 39.5. The Morgan fingerprint density at radius 1 is 0.356 bits per heavy atom. The van der Waals surface area contributed by atoms with E-state index < -0.39 is 97.5 Å². The molecule has 17 nitrogen and oxygen atoms in total. The molecule has 0 amide bonds. The van der Waals surface area contributed by atoms with Gasteiger partial charge < -0.3 is 33.8 Å². The van der Waals surface area contributed by atoms with Crippen molar-refractivity contribution in [2.24, 2.45) is 5.92 Å². The van der Waals surface area contributed by atoms with Crippen LogP contribution in [0.25, 0.3) is 0 Å². The van der Waals surface area contributed by atoms with E-state index in [9.17, 15) is 43.2 Å². The average molecular weight is 1320 g/mol. The van der Waals surface area contributed by atoms with Crippen LogP contribution in [0.5, 0.6) is 0 Å². The monoisotopic (exact) mass is 1320 g/mol. The molecule has 0 aromatic rings. The molecular weight excluding hydrogens is 1190 g/mol. The number of aliphatic hydroxyl groups is 1. The Hall–Kier alpha value is -2.46. The maximum atomic E-state index is 13.0. The van der Waals surface area contributed by atoms with Crippen LogP contribution < -0.4 is 0 Å². The Balaban J connectivity index is 5.27. The van der Waals surface area contributed by atoms with Crippen LogP contribution in [0.4, 0.5) is 0 Å². The smallest absolute Gasteiger partial charge is 0.462 e. The van der Waals surface area contributed by atoms with Crippen molar-refractivity contribution >= 4 is 39.5 Å². The zero-order valence-corrected chi connectivity index (χ0v) is 59.5. The number of carbonyl (C=O) groups is 4. The molecule has 0 fully saturated rings. The quantitative estimate of drug-likeness (QED) is 0.0169. The van der Waals surface area contributed by atoms with Crippen molar-refractivity contribution in [3.8, 4) is 0 Å². The van der Waals surface area contributed by atoms with Gasteiger partial charge in [-0.2, -0.15) is 0 Å². The van der Waals surface area contributed by atoms with Gasteiger partial charge >= 0.3 is 39.5 Å². The Bertz CT molecular complexity index is 1830. The summed E-state index contributed by atoms with van der Waals surface area (Å²) in [7, 11) is -9.91. The molecule has 3 unspecified atom stereocenters. The van der Waals surface area contributed by atoms with Crippen molar-refractivity contribution in [1.82, 2.24) is 0 Å². The Labute approximate surface area is 548 Å². The molecule has 0 aliphatic carbocycles. The van der Waals surface area contributed by atoms with Crippen LogP contribution in [-0.4, -0.2) is 96.7 Å². The van der Waals surface area contributed by atoms with Gasteiger partial charge in [0, 0.05) is 25.7 Å². The topological polar surface area (TPSA) is 237 Å². The zero-order valence-electron chi connectivity index (χ0n) is 57.8. The highest BCUT2D eigenvalue weighted by molar-refractivity contribution is 7.47. The van der Waals surface area contributed by atoms with Gasteiger partial charge in [0.25, 0.3) is 0 Å². The van der Waals surface area contributed by atoms with Gasteiger partial charge in [-0.05, 0) is 57.3 Å². The third kappa shape index (κ3) is 63.0. The number of hydrogen-bond acceptors (Lipinski definition) is 15. The highest BCUT2D eigenvalue weighted by Crippen LogP contribution is 2.45. The van der Waals surface area contributed by atoms with E-state index in [1.807, 2.05) is 0 Å². The number of phosphoric ester groups is 2. The van der Waals surface area contributed by atoms with Crippen molar-refractivity contribution < 1.29 is 80.2 Å². The first-order chi connectivity index (χ1) is 43.6. The van der Waals surface area contributed by atoms with Crippen molar-refractivity contribution in [2.45, 2.75) is 361 Å². The second-order valence-corrected chi connectivity index (χ2v) is 28.1. The van der Waals surface area contributed by atoms with E-state index in [0.717, 1.165) is 115 Å². The first kappa shape index (κ1) is 87.5. The molecule has 0 aromatic carbocycles. The van der Waals surface area contributed by atoms with E-state index in [1.165, 1.54) is 148 Å². The van der Waals surface area contributed by atoms with Crippen LogP contribution in [0, 0.1) is 5.92 Å². The van der Waals surface area contributed by atoms with E-state index in [4.69, 9.17) is 37.0 Å². The minimum atomic E-state index is -4.96. The van der Waals surface area contributed by atoms with Crippen molar-refractivity contribution in [3.63, 3.8) is 0 Å². The molecule has 3 N–H and O–H groups in total. The van der Waals surface area contributed by atoms with Crippen LogP contribution in [0.1, 0.15) is 343 Å². The SMILES string of the molecule is CCCCCC/C=C\C=C/CCCCCCCC(=O)O[C@H](COC(=O)CCCCCCCCCCCCC(C)CC)COP(=O)(O)OC[C@@H](O)COP(=O)(O)OC[C@@H](COC(=O)CCCCCCCCCC)OC(=O)CCCCCCCCCCCCCCC. The van der Waals surface area contributed by atoms with Crippen molar-refractivity contribution in [1.29, 1.82) is 0 Å². The molecule has 0 radical (unpaired) electrons. The summed E-state index contributed by atoms with van der Waals surface area (Å²) in [5.74, 6) is -1.35. The lowest BCUT2D eigenvalue weighted by Crippen LogP contribution is -2.30. The molecule has 0 aliphatic heterocycles. The van der Waals surface area contributed by atoms with E-state index in [-0.39, 0.29) is 25.7 Å². The highest BCUT2D eigenvalue weighted by atomic mass is 31.2. The Morgan fingerprint density at radius 2 is 0.622 bits per heavy atom. The van der Waals surface area contributed by atoms with Crippen LogP contribution in [0.15, 0.2) is 24.3 Å². The summed E-state index contributed by atoms with van der Waals surface area (Å²) in [6.45, 7) is 7.19. The lowest BCUT2D eigenvalue weighted by Gasteiger charge is -2.21. The van der Waals surface area contributed by atoms with E-state index in [1.54, 1.807) is 0 Å². The van der Waals surface area contributed by atoms with E-state index in [0.29, 0.717) is 25.7 Å². The fraction of sp³-hybridized carbons (Fsp3) is 0.887. The first-order valence-electron chi connectivity index (χ1n) is 36.5. The van der Waals surface area contributed by atoms with Gasteiger partial charge in [-0.25, -0.2) is 9.13 Å². The van der Waals surface area contributed by atoms with Crippen LogP contribution in [-0.2, 0) is 65.4 Å². The standard InChI is InChI=1S/C71H134O17P2/c1-6-10-13-16-19-22-24-26-27-29-31-37-42-47-52-57-71(76)88-67(61-82-69(74)55-50-45-40-35-33-32-34-38-43-48-53-64(5)9-4)63-86-90(79,80)84-59-65(72)58-83-89(77,78)85-62-66(60-81-68(73)54-49-44-39-21-18-15-12-8-3)87-70(75)56-51-46-41-36-30-28-25-23-20-17-14-11-7-2/h22,24,26-27,64-67,72H,6-21,23,25,28-63H2,1-5H3,(H,77,78)(H,79,80)/b24-22-,27-26-/t64?,65-,66+,67+/m0/s1. The average Bonchev–Trinajstić information content (AvgIpc) is 3.74. The fourth-order valence-electron chi connectivity index (χ4n) is 10.2. The summed E-state index contributed by atoms with van der Waals surface area (Å²) in [5.41, 5.74) is 0. The third-order valence-corrected chi connectivity index (χ3v) is 18.2. The summed E-state index contributed by atoms with van der Waals surface area (Å²) in [5, 5.41) is 10.6. The molecule has 530 valence electrons. The van der Waals surface area contributed by atoms with Crippen LogP contribution in [0.3, 0.4) is 0 Å². The number of hydrogen-bond donors (Lipinski definition) is 3. The van der Waals surface area contributed by atoms with E-state index >= 15 is 0 Å². The van der Waals surface area contributed by atoms with Gasteiger partial charge in [0.05, 0.1) is 26.4 Å². The number of unbranched alkanes of at least 4 members (excludes halogenated alkanes) is 37. The number of carbonyl (C=O) groups excluding carboxylic acids is 4. The molecule has 0 aromatic heterocycles. The molecule has 19 heteroatoms. The molecule has 90 heavy (non-hydrogen) atoms. The number of ether oxygens (including phenoxy) is 4. The summed E-state index contributed by atoms with van der Waals surface area (Å²) >= 11 is 0. The van der Waals surface area contributed by atoms with Crippen LogP contribution in [0.2, 0.25) is 0 Å². The van der Waals surface area contributed by atoms with Gasteiger partial charge in [-0.1, -0.05) is 290 Å². The number of phosphoric acid groups is 2. The molecule has 0 bridgehead atoms. The Morgan fingerprint density at radius 3 is 0.944 bits per heavy atom. The molecular formula is C71H134O17P2. The van der Waals surface area contributed by atoms with Gasteiger partial charge in [0.2, 0.25) is 0 Å². The number of esters is 4. The van der Waals surface area contributed by atoms with E-state index in [2.05, 4.69) is 58.9 Å². The Kier molecular flexibility index (Phi) is 62.2. The summed E-state index contributed by atoms with van der Waals surface area (Å²) in [6.07, 6.45) is 53.4. The molecule has 0 saturated carbocycles. The largest absolute Gasteiger partial charge is 0.472 e. The second kappa shape index (κ2) is 63.9. The molecule has 6 atom stereocenters. The van der Waals surface area contributed by atoms with Gasteiger partial charge in [-0.3, -0.25) is 37.3 Å². The molecule has 0 aliphatic rings. The summed E-state index contributed by atoms with van der Waals surface area (Å²) in [4.78, 5) is 72.5. The minimum absolute atomic E-state index is 0.0851. The molecule has 0 spiro atoms. The summed E-state index contributed by atoms with van der Waals surface area (Å²) in [6, 6.07) is 0. The lowest BCUT2D eigenvalue weighted by atomic mass is 9.99. The molecule has 0 saturated heterocycles. The maximum absolute atomic E-state index is 13.0. The van der Waals surface area contributed by atoms with Crippen LogP contribution >= 0.6 is 15.6 Å². The summed E-state index contributed by atoms with van der Waals surface area (Å²) < 4.78 is 68.2. The number of rotatable bonds is 69. The number of aliphatic hydroxyl groups excluding tert-OH is 1. The van der Waals surface area contributed by atoms with Crippen molar-refractivity contribution in [3.05, 3.63) is 24.3 Å². The van der Waals surface area contributed by atoms with Gasteiger partial charge in [0.15, 0.2) is 12.2 Å². The fourth-order valence-corrected chi connectivity index (χ4v) is 11.8. The highest BCUT2D eigenvalue weighted by Gasteiger charge is 2.30. The molecule has 0 heterocycles. The normalized spacial score (nSPS) is 14.5. The molecule has 0 rings (SSSR count). The van der Waals surface area contributed by atoms with Gasteiger partial charge in [0.1, 0.15) is 19.3 Å². The zero-order chi connectivity index (χ0) is 66.3. The predicted molar refractivity (Wildman–Crippen MR) is 363 cm³/mol. The second-order valence-electron chi connectivity index (χ2n) is 25.2.